The van der Waals surface area contributed by atoms with Crippen molar-refractivity contribution in [2.75, 3.05) is 13.2 Å². The summed E-state index contributed by atoms with van der Waals surface area (Å²) in [6.45, 7) is 8.25. The molecule has 0 heterocycles. The zero-order valence-electron chi connectivity index (χ0n) is 12.2. The average Bonchev–Trinajstić information content (AvgIpc) is 2.35. The maximum absolute atomic E-state index is 11.9. The van der Waals surface area contributed by atoms with Crippen LogP contribution in [0.5, 0.6) is 0 Å². The molecule has 0 N–H and O–H groups in total. The molecule has 0 saturated heterocycles. The van der Waals surface area contributed by atoms with Crippen LogP contribution in [0.1, 0.15) is 41.0 Å². The van der Waals surface area contributed by atoms with Crippen molar-refractivity contribution < 1.29 is 23.9 Å². The first kappa shape index (κ1) is 17.4. The zero-order chi connectivity index (χ0) is 15.1. The smallest absolute Gasteiger partial charge is 0.333 e. The second-order valence-corrected chi connectivity index (χ2v) is 4.32. The van der Waals surface area contributed by atoms with Gasteiger partial charge in [0.15, 0.2) is 0 Å². The summed E-state index contributed by atoms with van der Waals surface area (Å²) < 4.78 is 9.80. The van der Waals surface area contributed by atoms with Gasteiger partial charge in [0, 0.05) is 12.0 Å². The predicted octanol–water partition coefficient (Wildman–Crippen LogP) is 2.04. The van der Waals surface area contributed by atoms with Crippen molar-refractivity contribution in [3.05, 3.63) is 11.6 Å². The van der Waals surface area contributed by atoms with E-state index in [0.717, 1.165) is 0 Å². The molecule has 0 amide bonds. The average molecular weight is 270 g/mol. The SMILES string of the molecule is CC=C(CC(C)(C(C)=O)C(=O)OCC)C(=O)OCC. The molecule has 0 aliphatic carbocycles. The van der Waals surface area contributed by atoms with Gasteiger partial charge < -0.3 is 9.47 Å². The number of carbonyl (C=O) groups excluding carboxylic acids is 3. The molecule has 0 aromatic heterocycles. The first-order valence-electron chi connectivity index (χ1n) is 6.34. The van der Waals surface area contributed by atoms with Gasteiger partial charge >= 0.3 is 11.9 Å². The molecule has 0 radical (unpaired) electrons. The number of esters is 2. The maximum Gasteiger partial charge on any atom is 0.333 e. The van der Waals surface area contributed by atoms with Crippen molar-refractivity contribution in [1.82, 2.24) is 0 Å². The minimum Gasteiger partial charge on any atom is -0.465 e. The van der Waals surface area contributed by atoms with Crippen LogP contribution in [0.25, 0.3) is 0 Å². The molecule has 108 valence electrons. The molecular formula is C14H22O5. The molecule has 1 atom stereocenters. The molecule has 0 spiro atoms. The van der Waals surface area contributed by atoms with Gasteiger partial charge in [-0.1, -0.05) is 6.08 Å². The number of hydrogen-bond donors (Lipinski definition) is 0. The lowest BCUT2D eigenvalue weighted by Gasteiger charge is -2.24. The maximum atomic E-state index is 11.9. The standard InChI is InChI=1S/C14H22O5/c1-6-11(12(16)18-7-2)9-14(5,10(4)15)13(17)19-8-3/h6H,7-9H2,1-5H3. The van der Waals surface area contributed by atoms with Gasteiger partial charge in [-0.2, -0.15) is 0 Å². The van der Waals surface area contributed by atoms with Crippen molar-refractivity contribution in [3.8, 4) is 0 Å². The first-order valence-corrected chi connectivity index (χ1v) is 6.34. The van der Waals surface area contributed by atoms with Crippen LogP contribution in [0.15, 0.2) is 11.6 Å². The molecule has 0 bridgehead atoms. The Morgan fingerprint density at radius 1 is 1.11 bits per heavy atom. The number of carbonyl (C=O) groups is 3. The van der Waals surface area contributed by atoms with Gasteiger partial charge in [0.1, 0.15) is 11.2 Å². The number of ketones is 1. The lowest BCUT2D eigenvalue weighted by atomic mass is 9.80. The van der Waals surface area contributed by atoms with E-state index in [1.807, 2.05) is 0 Å². The molecule has 0 fully saturated rings. The molecule has 1 unspecified atom stereocenters. The van der Waals surface area contributed by atoms with E-state index in [1.54, 1.807) is 26.8 Å². The summed E-state index contributed by atoms with van der Waals surface area (Å²) in [4.78, 5) is 35.4. The Morgan fingerprint density at radius 2 is 1.63 bits per heavy atom. The van der Waals surface area contributed by atoms with Crippen LogP contribution in [0.4, 0.5) is 0 Å². The second-order valence-electron chi connectivity index (χ2n) is 4.32. The molecule has 5 heteroatoms. The van der Waals surface area contributed by atoms with Gasteiger partial charge in [-0.25, -0.2) is 4.79 Å². The number of rotatable bonds is 7. The summed E-state index contributed by atoms with van der Waals surface area (Å²) in [7, 11) is 0. The summed E-state index contributed by atoms with van der Waals surface area (Å²) in [6.07, 6.45) is 1.54. The van der Waals surface area contributed by atoms with Gasteiger partial charge in [0.2, 0.25) is 0 Å². The molecule has 0 aliphatic rings. The van der Waals surface area contributed by atoms with Crippen molar-refractivity contribution in [3.63, 3.8) is 0 Å². The lowest BCUT2D eigenvalue weighted by Crippen LogP contribution is -2.38. The molecule has 0 aromatic carbocycles. The van der Waals surface area contributed by atoms with E-state index in [0.29, 0.717) is 5.57 Å². The van der Waals surface area contributed by atoms with Crippen molar-refractivity contribution in [2.24, 2.45) is 5.41 Å². The van der Waals surface area contributed by atoms with E-state index in [-0.39, 0.29) is 25.4 Å². The van der Waals surface area contributed by atoms with Gasteiger partial charge in [-0.05, 0) is 34.6 Å². The normalized spacial score (nSPS) is 14.5. The van der Waals surface area contributed by atoms with Crippen LogP contribution in [0, 0.1) is 5.41 Å². The van der Waals surface area contributed by atoms with E-state index in [1.165, 1.54) is 13.8 Å². The summed E-state index contributed by atoms with van der Waals surface area (Å²) in [5.41, 5.74) is -1.06. The monoisotopic (exact) mass is 270 g/mol. The third-order valence-corrected chi connectivity index (χ3v) is 2.93. The predicted molar refractivity (Wildman–Crippen MR) is 70.4 cm³/mol. The Labute approximate surface area is 114 Å². The molecule has 19 heavy (non-hydrogen) atoms. The topological polar surface area (TPSA) is 69.7 Å². The van der Waals surface area contributed by atoms with Crippen LogP contribution in [0.2, 0.25) is 0 Å². The fourth-order valence-electron chi connectivity index (χ4n) is 1.53. The first-order chi connectivity index (χ1) is 8.83. The number of allylic oxidation sites excluding steroid dienone is 1. The van der Waals surface area contributed by atoms with Gasteiger partial charge in [-0.15, -0.1) is 0 Å². The minimum absolute atomic E-state index is 0.0174. The number of ether oxygens (including phenoxy) is 2. The van der Waals surface area contributed by atoms with Crippen molar-refractivity contribution in [1.29, 1.82) is 0 Å². The Bertz CT molecular complexity index is 383. The van der Waals surface area contributed by atoms with E-state index in [9.17, 15) is 14.4 Å². The van der Waals surface area contributed by atoms with E-state index in [2.05, 4.69) is 0 Å². The number of Topliss-reactive ketones (excluding diaryl/α,β-unsaturated/α-hetero) is 1. The van der Waals surface area contributed by atoms with E-state index in [4.69, 9.17) is 9.47 Å². The van der Waals surface area contributed by atoms with Crippen LogP contribution in [0.3, 0.4) is 0 Å². The summed E-state index contributed by atoms with van der Waals surface area (Å²) in [6, 6.07) is 0. The number of hydrogen-bond acceptors (Lipinski definition) is 5. The summed E-state index contributed by atoms with van der Waals surface area (Å²) in [5, 5.41) is 0. The highest BCUT2D eigenvalue weighted by Crippen LogP contribution is 2.29. The van der Waals surface area contributed by atoms with E-state index >= 15 is 0 Å². The van der Waals surface area contributed by atoms with Gasteiger partial charge in [0.05, 0.1) is 13.2 Å². The Hall–Kier alpha value is -1.65. The largest absolute Gasteiger partial charge is 0.465 e. The Kier molecular flexibility index (Phi) is 7.04. The van der Waals surface area contributed by atoms with Crippen LogP contribution >= 0.6 is 0 Å². The highest BCUT2D eigenvalue weighted by molar-refractivity contribution is 6.04. The third-order valence-electron chi connectivity index (χ3n) is 2.93. The third kappa shape index (κ3) is 4.50. The van der Waals surface area contributed by atoms with Crippen molar-refractivity contribution in [2.45, 2.75) is 41.0 Å². The van der Waals surface area contributed by atoms with Gasteiger partial charge in [-0.3, -0.25) is 9.59 Å². The van der Waals surface area contributed by atoms with Crippen LogP contribution < -0.4 is 0 Å². The molecule has 0 saturated carbocycles. The molecule has 0 rings (SSSR count). The molecular weight excluding hydrogens is 248 g/mol. The highest BCUT2D eigenvalue weighted by atomic mass is 16.5. The van der Waals surface area contributed by atoms with Gasteiger partial charge in [0.25, 0.3) is 0 Å². The van der Waals surface area contributed by atoms with Crippen LogP contribution in [-0.2, 0) is 23.9 Å². The summed E-state index contributed by atoms with van der Waals surface area (Å²) >= 11 is 0. The van der Waals surface area contributed by atoms with Crippen molar-refractivity contribution >= 4 is 17.7 Å². The second kappa shape index (κ2) is 7.71. The Morgan fingerprint density at radius 3 is 2.00 bits per heavy atom. The fourth-order valence-corrected chi connectivity index (χ4v) is 1.53. The quantitative estimate of drug-likeness (QED) is 0.402. The minimum atomic E-state index is -1.36. The summed E-state index contributed by atoms with van der Waals surface area (Å²) in [5.74, 6) is -1.47. The molecule has 5 nitrogen and oxygen atoms in total. The lowest BCUT2D eigenvalue weighted by molar-refractivity contribution is -0.158. The zero-order valence-corrected chi connectivity index (χ0v) is 12.2. The fraction of sp³-hybridized carbons (Fsp3) is 0.643. The molecule has 0 aliphatic heterocycles. The van der Waals surface area contributed by atoms with E-state index < -0.39 is 17.4 Å². The van der Waals surface area contributed by atoms with Crippen LogP contribution in [-0.4, -0.2) is 30.9 Å². The molecule has 0 aromatic rings. The highest BCUT2D eigenvalue weighted by Gasteiger charge is 2.41. The Balaban J connectivity index is 5.17.